The zero-order valence-electron chi connectivity index (χ0n) is 13.8. The number of rotatable bonds is 5. The standard InChI is InChI=1S/C18H24F2N2O2/c19-15-5-1-4-14(16(15)20)12-22-9-2-6-18(17(22)24)7-10-21(13-18)8-3-11-23/h1,4-5,23H,2-3,6-13H2. The highest BCUT2D eigenvalue weighted by Crippen LogP contribution is 2.40. The van der Waals surface area contributed by atoms with E-state index in [-0.39, 0.29) is 24.6 Å². The Bertz CT molecular complexity index is 611. The van der Waals surface area contributed by atoms with Crippen LogP contribution in [-0.4, -0.2) is 53.6 Å². The molecule has 1 spiro atoms. The molecule has 0 aromatic heterocycles. The monoisotopic (exact) mass is 338 g/mol. The van der Waals surface area contributed by atoms with Gasteiger partial charge in [0.1, 0.15) is 0 Å². The fourth-order valence-electron chi connectivity index (χ4n) is 4.00. The van der Waals surface area contributed by atoms with E-state index in [0.29, 0.717) is 19.5 Å². The summed E-state index contributed by atoms with van der Waals surface area (Å²) in [6, 6.07) is 4.10. The van der Waals surface area contributed by atoms with E-state index in [1.165, 1.54) is 12.1 Å². The van der Waals surface area contributed by atoms with Gasteiger partial charge in [0.2, 0.25) is 5.91 Å². The molecular formula is C18H24F2N2O2. The molecule has 1 amide bonds. The number of carbonyl (C=O) groups excluding carboxylic acids is 1. The van der Waals surface area contributed by atoms with Gasteiger partial charge in [0.05, 0.1) is 5.41 Å². The maximum atomic E-state index is 13.9. The molecule has 132 valence electrons. The molecule has 1 N–H and O–H groups in total. The minimum absolute atomic E-state index is 0.0592. The summed E-state index contributed by atoms with van der Waals surface area (Å²) >= 11 is 0. The number of aliphatic hydroxyl groups is 1. The van der Waals surface area contributed by atoms with Crippen LogP contribution in [0.5, 0.6) is 0 Å². The third-order valence-electron chi connectivity index (χ3n) is 5.28. The molecule has 24 heavy (non-hydrogen) atoms. The molecular weight excluding hydrogens is 314 g/mol. The average Bonchev–Trinajstić information content (AvgIpc) is 2.98. The van der Waals surface area contributed by atoms with Crippen molar-refractivity contribution in [3.8, 4) is 0 Å². The van der Waals surface area contributed by atoms with Gasteiger partial charge >= 0.3 is 0 Å². The van der Waals surface area contributed by atoms with Crippen LogP contribution >= 0.6 is 0 Å². The largest absolute Gasteiger partial charge is 0.396 e. The Labute approximate surface area is 141 Å². The van der Waals surface area contributed by atoms with Gasteiger partial charge in [0.25, 0.3) is 0 Å². The summed E-state index contributed by atoms with van der Waals surface area (Å²) in [5.74, 6) is -1.67. The predicted molar refractivity (Wildman–Crippen MR) is 86.2 cm³/mol. The Hall–Kier alpha value is -1.53. The lowest BCUT2D eigenvalue weighted by molar-refractivity contribution is -0.146. The van der Waals surface area contributed by atoms with E-state index in [2.05, 4.69) is 4.90 Å². The molecule has 1 aromatic carbocycles. The van der Waals surface area contributed by atoms with Gasteiger partial charge in [-0.1, -0.05) is 12.1 Å². The summed E-state index contributed by atoms with van der Waals surface area (Å²) < 4.78 is 27.3. The van der Waals surface area contributed by atoms with Crippen LogP contribution in [0, 0.1) is 17.0 Å². The molecule has 2 aliphatic rings. The van der Waals surface area contributed by atoms with Gasteiger partial charge in [0, 0.05) is 38.3 Å². The van der Waals surface area contributed by atoms with Crippen molar-refractivity contribution in [2.75, 3.05) is 32.8 Å². The first-order valence-corrected chi connectivity index (χ1v) is 8.61. The van der Waals surface area contributed by atoms with Crippen molar-refractivity contribution in [1.29, 1.82) is 0 Å². The maximum absolute atomic E-state index is 13.9. The third kappa shape index (κ3) is 3.30. The van der Waals surface area contributed by atoms with Crippen LogP contribution in [0.25, 0.3) is 0 Å². The number of benzene rings is 1. The molecule has 1 atom stereocenters. The summed E-state index contributed by atoms with van der Waals surface area (Å²) in [6.45, 7) is 3.22. The lowest BCUT2D eigenvalue weighted by Crippen LogP contribution is -2.49. The lowest BCUT2D eigenvalue weighted by atomic mass is 9.78. The number of halogens is 2. The third-order valence-corrected chi connectivity index (χ3v) is 5.28. The minimum atomic E-state index is -0.872. The summed E-state index contributed by atoms with van der Waals surface area (Å²) in [7, 11) is 0. The normalized spacial score (nSPS) is 25.0. The van der Waals surface area contributed by atoms with Gasteiger partial charge < -0.3 is 14.9 Å². The smallest absolute Gasteiger partial charge is 0.230 e. The quantitative estimate of drug-likeness (QED) is 0.895. The van der Waals surface area contributed by atoms with Crippen molar-refractivity contribution in [3.05, 3.63) is 35.4 Å². The average molecular weight is 338 g/mol. The molecule has 1 unspecified atom stereocenters. The van der Waals surface area contributed by atoms with Crippen LogP contribution in [0.1, 0.15) is 31.2 Å². The van der Waals surface area contributed by atoms with Crippen molar-refractivity contribution < 1.29 is 18.7 Å². The molecule has 3 rings (SSSR count). The second kappa shape index (κ2) is 7.15. The second-order valence-electron chi connectivity index (χ2n) is 6.93. The van der Waals surface area contributed by atoms with E-state index in [9.17, 15) is 13.6 Å². The minimum Gasteiger partial charge on any atom is -0.396 e. The summed E-state index contributed by atoms with van der Waals surface area (Å²) in [5.41, 5.74) is -0.159. The number of piperidine rings is 1. The van der Waals surface area contributed by atoms with Crippen LogP contribution in [-0.2, 0) is 11.3 Å². The number of hydrogen-bond donors (Lipinski definition) is 1. The summed E-state index contributed by atoms with van der Waals surface area (Å²) in [6.07, 6.45) is 3.25. The zero-order valence-corrected chi connectivity index (χ0v) is 13.8. The number of nitrogens with zero attached hydrogens (tertiary/aromatic N) is 2. The molecule has 2 aliphatic heterocycles. The number of amides is 1. The van der Waals surface area contributed by atoms with Crippen LogP contribution < -0.4 is 0 Å². The fraction of sp³-hybridized carbons (Fsp3) is 0.611. The first-order chi connectivity index (χ1) is 11.6. The highest BCUT2D eigenvalue weighted by molar-refractivity contribution is 5.84. The van der Waals surface area contributed by atoms with Crippen molar-refractivity contribution >= 4 is 5.91 Å². The zero-order chi connectivity index (χ0) is 17.2. The lowest BCUT2D eigenvalue weighted by Gasteiger charge is -2.39. The van der Waals surface area contributed by atoms with Gasteiger partial charge in [-0.3, -0.25) is 4.79 Å². The Morgan fingerprint density at radius 2 is 2.04 bits per heavy atom. The molecule has 0 saturated carbocycles. The summed E-state index contributed by atoms with van der Waals surface area (Å²) in [4.78, 5) is 16.9. The predicted octanol–water partition coefficient (Wildman–Crippen LogP) is 2.16. The first-order valence-electron chi connectivity index (χ1n) is 8.61. The Morgan fingerprint density at radius 3 is 2.83 bits per heavy atom. The van der Waals surface area contributed by atoms with E-state index in [1.54, 1.807) is 4.90 Å². The van der Waals surface area contributed by atoms with Crippen molar-refractivity contribution in [1.82, 2.24) is 9.80 Å². The van der Waals surface area contributed by atoms with Crippen molar-refractivity contribution in [3.63, 3.8) is 0 Å². The number of carbonyl (C=O) groups is 1. The summed E-state index contributed by atoms with van der Waals surface area (Å²) in [5, 5.41) is 8.97. The fourth-order valence-corrected chi connectivity index (χ4v) is 4.00. The maximum Gasteiger partial charge on any atom is 0.230 e. The molecule has 1 aromatic rings. The molecule has 4 nitrogen and oxygen atoms in total. The van der Waals surface area contributed by atoms with Gasteiger partial charge in [0.15, 0.2) is 11.6 Å². The van der Waals surface area contributed by atoms with Gasteiger partial charge in [-0.25, -0.2) is 8.78 Å². The van der Waals surface area contributed by atoms with Crippen LogP contribution in [0.3, 0.4) is 0 Å². The van der Waals surface area contributed by atoms with Crippen LogP contribution in [0.15, 0.2) is 18.2 Å². The topological polar surface area (TPSA) is 43.8 Å². The second-order valence-corrected chi connectivity index (χ2v) is 6.93. The molecule has 2 fully saturated rings. The van der Waals surface area contributed by atoms with Crippen molar-refractivity contribution in [2.24, 2.45) is 5.41 Å². The van der Waals surface area contributed by atoms with Crippen LogP contribution in [0.2, 0.25) is 0 Å². The number of likely N-dealkylation sites (tertiary alicyclic amines) is 2. The first kappa shape index (κ1) is 17.3. The van der Waals surface area contributed by atoms with Crippen LogP contribution in [0.4, 0.5) is 8.78 Å². The van der Waals surface area contributed by atoms with Gasteiger partial charge in [-0.05, 0) is 38.3 Å². The van der Waals surface area contributed by atoms with E-state index in [4.69, 9.17) is 5.11 Å². The van der Waals surface area contributed by atoms with E-state index >= 15 is 0 Å². The highest BCUT2D eigenvalue weighted by atomic mass is 19.2. The van der Waals surface area contributed by atoms with E-state index in [1.807, 2.05) is 0 Å². The molecule has 2 heterocycles. The van der Waals surface area contributed by atoms with Crippen molar-refractivity contribution in [2.45, 2.75) is 32.2 Å². The molecule has 0 radical (unpaired) electrons. The SMILES string of the molecule is O=C1N(Cc2cccc(F)c2F)CCCC12CCN(CCCO)C2. The Morgan fingerprint density at radius 1 is 1.21 bits per heavy atom. The van der Waals surface area contributed by atoms with E-state index < -0.39 is 17.0 Å². The van der Waals surface area contributed by atoms with Gasteiger partial charge in [-0.15, -0.1) is 0 Å². The van der Waals surface area contributed by atoms with E-state index in [0.717, 1.165) is 38.4 Å². The Balaban J connectivity index is 1.70. The molecule has 6 heteroatoms. The molecule has 0 bridgehead atoms. The number of hydrogen-bond acceptors (Lipinski definition) is 3. The molecule has 2 saturated heterocycles. The highest BCUT2D eigenvalue weighted by Gasteiger charge is 2.48. The van der Waals surface area contributed by atoms with Gasteiger partial charge in [-0.2, -0.15) is 0 Å². The number of aliphatic hydroxyl groups excluding tert-OH is 1. The Kier molecular flexibility index (Phi) is 5.15. The molecule has 0 aliphatic carbocycles.